The molecule has 3 aliphatic carbocycles. The molecule has 0 aliphatic heterocycles. The van der Waals surface area contributed by atoms with Crippen LogP contribution in [-0.2, 0) is 0 Å². The van der Waals surface area contributed by atoms with Gasteiger partial charge >= 0.3 is 0 Å². The fourth-order valence-corrected chi connectivity index (χ4v) is 3.20. The highest BCUT2D eigenvalue weighted by Gasteiger charge is 2.58. The molecule has 3 atom stereocenters. The van der Waals surface area contributed by atoms with Crippen molar-refractivity contribution in [3.63, 3.8) is 0 Å². The quantitative estimate of drug-likeness (QED) is 0.567. The molecule has 1 unspecified atom stereocenters. The Bertz CT molecular complexity index is 171. The second-order valence-corrected chi connectivity index (χ2v) is 5.20. The molecule has 3 fully saturated rings. The first-order chi connectivity index (χ1) is 4.94. The molecule has 0 amide bonds. The lowest BCUT2D eigenvalue weighted by Gasteiger charge is -2.62. The van der Waals surface area contributed by atoms with Crippen molar-refractivity contribution in [2.24, 2.45) is 17.3 Å². The maximum atomic E-state index is 10.0. The van der Waals surface area contributed by atoms with Gasteiger partial charge in [-0.15, -0.1) is 0 Å². The highest BCUT2D eigenvalue weighted by atomic mass is 16.3. The Morgan fingerprint density at radius 3 is 2.18 bits per heavy atom. The van der Waals surface area contributed by atoms with Crippen LogP contribution in [0.4, 0.5) is 0 Å². The number of hydrogen-bond donors (Lipinski definition) is 1. The predicted octanol–water partition coefficient (Wildman–Crippen LogP) is 2.19. The first-order valence-corrected chi connectivity index (χ1v) is 4.67. The lowest BCUT2D eigenvalue weighted by atomic mass is 9.44. The van der Waals surface area contributed by atoms with Gasteiger partial charge in [0.25, 0.3) is 0 Å². The van der Waals surface area contributed by atoms with E-state index in [2.05, 4.69) is 13.8 Å². The Hall–Kier alpha value is -0.0400. The average molecular weight is 154 g/mol. The molecule has 2 bridgehead atoms. The van der Waals surface area contributed by atoms with E-state index in [1.807, 2.05) is 6.92 Å². The molecule has 3 rings (SSSR count). The van der Waals surface area contributed by atoms with Crippen molar-refractivity contribution in [2.75, 3.05) is 0 Å². The van der Waals surface area contributed by atoms with Gasteiger partial charge in [0, 0.05) is 0 Å². The van der Waals surface area contributed by atoms with E-state index in [9.17, 15) is 5.11 Å². The molecule has 0 aromatic rings. The zero-order valence-electron chi connectivity index (χ0n) is 7.72. The molecule has 0 heterocycles. The van der Waals surface area contributed by atoms with Crippen LogP contribution in [0.2, 0.25) is 0 Å². The molecule has 64 valence electrons. The van der Waals surface area contributed by atoms with E-state index in [1.54, 1.807) is 0 Å². The van der Waals surface area contributed by atoms with E-state index in [-0.39, 0.29) is 5.60 Å². The van der Waals surface area contributed by atoms with Crippen LogP contribution in [0.3, 0.4) is 0 Å². The van der Waals surface area contributed by atoms with E-state index in [4.69, 9.17) is 0 Å². The van der Waals surface area contributed by atoms with Crippen molar-refractivity contribution in [3.05, 3.63) is 0 Å². The Morgan fingerprint density at radius 1 is 1.27 bits per heavy atom. The Kier molecular flexibility index (Phi) is 1.26. The summed E-state index contributed by atoms with van der Waals surface area (Å²) in [4.78, 5) is 0. The van der Waals surface area contributed by atoms with E-state index < -0.39 is 0 Å². The molecule has 3 aliphatic rings. The summed E-state index contributed by atoms with van der Waals surface area (Å²) in [6, 6.07) is 0. The van der Waals surface area contributed by atoms with Crippen LogP contribution in [-0.4, -0.2) is 10.7 Å². The van der Waals surface area contributed by atoms with Crippen LogP contribution in [0.25, 0.3) is 0 Å². The second kappa shape index (κ2) is 1.82. The molecule has 1 nitrogen and oxygen atoms in total. The van der Waals surface area contributed by atoms with Gasteiger partial charge in [-0.1, -0.05) is 13.8 Å². The lowest BCUT2D eigenvalue weighted by molar-refractivity contribution is -0.192. The average Bonchev–Trinajstić information content (AvgIpc) is 1.84. The second-order valence-electron chi connectivity index (χ2n) is 5.20. The van der Waals surface area contributed by atoms with E-state index in [0.29, 0.717) is 11.3 Å². The molecular weight excluding hydrogens is 136 g/mol. The van der Waals surface area contributed by atoms with Crippen LogP contribution < -0.4 is 0 Å². The molecule has 3 saturated carbocycles. The number of aliphatic hydroxyl groups is 1. The fourth-order valence-electron chi connectivity index (χ4n) is 3.20. The van der Waals surface area contributed by atoms with Gasteiger partial charge in [-0.25, -0.2) is 0 Å². The smallest absolute Gasteiger partial charge is 0.0653 e. The lowest BCUT2D eigenvalue weighted by Crippen LogP contribution is -2.60. The highest BCUT2D eigenvalue weighted by Crippen LogP contribution is 2.62. The topological polar surface area (TPSA) is 20.2 Å². The maximum absolute atomic E-state index is 10.0. The zero-order chi connectivity index (χ0) is 8.28. The standard InChI is InChI=1S/C10H18O/c1-9(2)7-4-5-10(3,11)8(9)6-7/h7-8,11H,4-6H2,1-3H3/t7-,8+,10?/m0/s1. The first kappa shape index (κ1) is 7.60. The fraction of sp³-hybridized carbons (Fsp3) is 1.00. The first-order valence-electron chi connectivity index (χ1n) is 4.67. The van der Waals surface area contributed by atoms with Gasteiger partial charge in [-0.2, -0.15) is 0 Å². The van der Waals surface area contributed by atoms with Crippen LogP contribution in [0, 0.1) is 17.3 Å². The molecule has 1 N–H and O–H groups in total. The van der Waals surface area contributed by atoms with Crippen LogP contribution in [0.1, 0.15) is 40.0 Å². The summed E-state index contributed by atoms with van der Waals surface area (Å²) < 4.78 is 0. The summed E-state index contributed by atoms with van der Waals surface area (Å²) in [5.74, 6) is 1.46. The van der Waals surface area contributed by atoms with Gasteiger partial charge in [0.15, 0.2) is 0 Å². The van der Waals surface area contributed by atoms with Gasteiger partial charge in [0.2, 0.25) is 0 Å². The summed E-state index contributed by atoms with van der Waals surface area (Å²) in [5, 5.41) is 10.0. The van der Waals surface area contributed by atoms with Crippen molar-refractivity contribution in [2.45, 2.75) is 45.6 Å². The van der Waals surface area contributed by atoms with Crippen molar-refractivity contribution >= 4 is 0 Å². The Labute approximate surface area is 68.8 Å². The monoisotopic (exact) mass is 154 g/mol. The normalized spacial score (nSPS) is 53.5. The summed E-state index contributed by atoms with van der Waals surface area (Å²) in [6.07, 6.45) is 3.52. The molecule has 0 saturated heterocycles. The molecule has 0 aromatic heterocycles. The van der Waals surface area contributed by atoms with Gasteiger partial charge in [0.1, 0.15) is 0 Å². The van der Waals surface area contributed by atoms with Crippen molar-refractivity contribution < 1.29 is 5.11 Å². The number of rotatable bonds is 0. The van der Waals surface area contributed by atoms with Crippen molar-refractivity contribution in [1.82, 2.24) is 0 Å². The summed E-state index contributed by atoms with van der Waals surface area (Å²) in [7, 11) is 0. The minimum Gasteiger partial charge on any atom is -0.390 e. The van der Waals surface area contributed by atoms with Crippen molar-refractivity contribution in [1.29, 1.82) is 0 Å². The molecule has 11 heavy (non-hydrogen) atoms. The summed E-state index contributed by atoms with van der Waals surface area (Å²) in [6.45, 7) is 6.62. The third kappa shape index (κ3) is 0.807. The van der Waals surface area contributed by atoms with Gasteiger partial charge in [-0.05, 0) is 43.4 Å². The third-order valence-electron chi connectivity index (χ3n) is 4.22. The van der Waals surface area contributed by atoms with Gasteiger partial charge in [-0.3, -0.25) is 0 Å². The Balaban J connectivity index is 2.23. The summed E-state index contributed by atoms with van der Waals surface area (Å²) in [5.41, 5.74) is 0.0556. The minimum absolute atomic E-state index is 0.363. The molecule has 0 spiro atoms. The van der Waals surface area contributed by atoms with E-state index in [1.165, 1.54) is 12.8 Å². The van der Waals surface area contributed by atoms with Crippen LogP contribution in [0.15, 0.2) is 0 Å². The predicted molar refractivity (Wildman–Crippen MR) is 45.2 cm³/mol. The molecule has 0 aromatic carbocycles. The number of fused-ring (bicyclic) bond motifs is 2. The van der Waals surface area contributed by atoms with Gasteiger partial charge in [0.05, 0.1) is 5.60 Å². The zero-order valence-corrected chi connectivity index (χ0v) is 7.72. The van der Waals surface area contributed by atoms with E-state index >= 15 is 0 Å². The highest BCUT2D eigenvalue weighted by molar-refractivity contribution is 5.08. The summed E-state index contributed by atoms with van der Waals surface area (Å²) >= 11 is 0. The third-order valence-corrected chi connectivity index (χ3v) is 4.22. The molecular formula is C10H18O. The van der Waals surface area contributed by atoms with E-state index in [0.717, 1.165) is 12.3 Å². The molecule has 0 radical (unpaired) electrons. The molecule has 1 heteroatoms. The number of hydrogen-bond acceptors (Lipinski definition) is 1. The van der Waals surface area contributed by atoms with Gasteiger partial charge < -0.3 is 5.11 Å². The van der Waals surface area contributed by atoms with Crippen molar-refractivity contribution in [3.8, 4) is 0 Å². The minimum atomic E-state index is -0.363. The SMILES string of the molecule is CC1(O)CC[C@H]2C[C@@H]1C2(C)C. The van der Waals surface area contributed by atoms with Crippen LogP contribution >= 0.6 is 0 Å². The Morgan fingerprint density at radius 2 is 1.91 bits per heavy atom. The van der Waals surface area contributed by atoms with Crippen LogP contribution in [0.5, 0.6) is 0 Å². The largest absolute Gasteiger partial charge is 0.390 e. The maximum Gasteiger partial charge on any atom is 0.0653 e.